The number of aliphatic carboxylic acids is 1. The normalized spacial score (nSPS) is 11.0. The van der Waals surface area contributed by atoms with Crippen molar-refractivity contribution in [3.8, 4) is 5.75 Å². The molecule has 3 amide bonds. The highest BCUT2D eigenvalue weighted by Gasteiger charge is 2.26. The van der Waals surface area contributed by atoms with Crippen LogP contribution in [0.1, 0.15) is 60.7 Å². The summed E-state index contributed by atoms with van der Waals surface area (Å²) in [7, 11) is 1.47. The zero-order valence-corrected chi connectivity index (χ0v) is 26.7. The molecule has 0 aliphatic rings. The summed E-state index contributed by atoms with van der Waals surface area (Å²) in [6.45, 7) is 5.49. The van der Waals surface area contributed by atoms with Crippen LogP contribution >= 0.6 is 0 Å². The number of carboxylic acids is 1. The minimum absolute atomic E-state index is 0.101. The van der Waals surface area contributed by atoms with E-state index in [9.17, 15) is 24.0 Å². The van der Waals surface area contributed by atoms with Crippen LogP contribution in [0.2, 0.25) is 0 Å². The Morgan fingerprint density at radius 3 is 1.72 bits per heavy atom. The predicted octanol–water partition coefficient (Wildman–Crippen LogP) is 3.31. The number of rotatable bonds is 14. The van der Waals surface area contributed by atoms with Gasteiger partial charge in [0, 0.05) is 18.1 Å². The molecular formula is C35H41N3O8. The van der Waals surface area contributed by atoms with Gasteiger partial charge in [-0.15, -0.1) is 0 Å². The van der Waals surface area contributed by atoms with Crippen molar-refractivity contribution >= 4 is 35.3 Å². The molecule has 0 saturated heterocycles. The number of nitrogens with one attached hydrogen (secondary N) is 3. The van der Waals surface area contributed by atoms with E-state index in [-0.39, 0.29) is 37.1 Å². The summed E-state index contributed by atoms with van der Waals surface area (Å²) in [6, 6.07) is 22.5. The van der Waals surface area contributed by atoms with Crippen molar-refractivity contribution in [2.75, 3.05) is 20.2 Å². The molecule has 1 atom stereocenters. The Morgan fingerprint density at radius 2 is 1.26 bits per heavy atom. The molecule has 11 heteroatoms. The van der Waals surface area contributed by atoms with Crippen LogP contribution in [-0.2, 0) is 30.4 Å². The molecule has 3 rings (SSSR count). The molecular weight excluding hydrogens is 590 g/mol. The van der Waals surface area contributed by atoms with Crippen LogP contribution in [0, 0.1) is 5.92 Å². The second-order valence-corrected chi connectivity index (χ2v) is 10.8. The largest absolute Gasteiger partial charge is 0.496 e. The number of Topliss-reactive ketones (excluding diaryl/α,β-unsaturated/α-hetero) is 2. The van der Waals surface area contributed by atoms with Crippen LogP contribution in [0.15, 0.2) is 78.9 Å². The maximum absolute atomic E-state index is 13.1. The molecule has 0 fully saturated rings. The SMILES string of the molecule is CC(=O)O.COc1ccc(C(C)=O)cc1CC(=O)NC(C(=O)NCC(=O)CNC(=O)C(c1ccccc1)c1ccccc1)C(C)C. The molecule has 3 aromatic rings. The van der Waals surface area contributed by atoms with Crippen molar-refractivity contribution in [2.24, 2.45) is 5.92 Å². The Bertz CT molecular complexity index is 1460. The van der Waals surface area contributed by atoms with Crippen molar-refractivity contribution < 1.29 is 38.6 Å². The topological polar surface area (TPSA) is 168 Å². The minimum Gasteiger partial charge on any atom is -0.496 e. The first kappa shape index (κ1) is 36.9. The highest BCUT2D eigenvalue weighted by Crippen LogP contribution is 2.25. The van der Waals surface area contributed by atoms with Gasteiger partial charge in [-0.1, -0.05) is 74.5 Å². The molecule has 4 N–H and O–H groups in total. The van der Waals surface area contributed by atoms with Crippen molar-refractivity contribution in [1.29, 1.82) is 0 Å². The number of ketones is 2. The number of hydrogen-bond acceptors (Lipinski definition) is 7. The van der Waals surface area contributed by atoms with E-state index in [1.807, 2.05) is 60.7 Å². The van der Waals surface area contributed by atoms with Crippen molar-refractivity contribution in [1.82, 2.24) is 16.0 Å². The molecule has 11 nitrogen and oxygen atoms in total. The van der Waals surface area contributed by atoms with Gasteiger partial charge >= 0.3 is 0 Å². The Morgan fingerprint density at radius 1 is 0.761 bits per heavy atom. The van der Waals surface area contributed by atoms with Crippen LogP contribution < -0.4 is 20.7 Å². The number of methoxy groups -OCH3 is 1. The molecule has 3 aromatic carbocycles. The molecule has 0 heterocycles. The maximum Gasteiger partial charge on any atom is 0.300 e. The third kappa shape index (κ3) is 12.0. The van der Waals surface area contributed by atoms with Crippen molar-refractivity contribution in [3.63, 3.8) is 0 Å². The van der Waals surface area contributed by atoms with Gasteiger partial charge in [0.25, 0.3) is 5.97 Å². The molecule has 0 spiro atoms. The Hall–Kier alpha value is -5.32. The van der Waals surface area contributed by atoms with Crippen LogP contribution in [0.5, 0.6) is 5.75 Å². The monoisotopic (exact) mass is 631 g/mol. The van der Waals surface area contributed by atoms with Crippen LogP contribution in [-0.4, -0.2) is 66.6 Å². The molecule has 0 bridgehead atoms. The lowest BCUT2D eigenvalue weighted by molar-refractivity contribution is -0.134. The van der Waals surface area contributed by atoms with E-state index in [2.05, 4.69) is 16.0 Å². The summed E-state index contributed by atoms with van der Waals surface area (Å²) >= 11 is 0. The van der Waals surface area contributed by atoms with E-state index in [0.717, 1.165) is 18.1 Å². The third-order valence-electron chi connectivity index (χ3n) is 6.75. The van der Waals surface area contributed by atoms with Gasteiger partial charge in [0.2, 0.25) is 17.7 Å². The van der Waals surface area contributed by atoms with Crippen LogP contribution in [0.25, 0.3) is 0 Å². The van der Waals surface area contributed by atoms with E-state index in [4.69, 9.17) is 14.6 Å². The Balaban J connectivity index is 0.00000173. The number of amides is 3. The third-order valence-corrected chi connectivity index (χ3v) is 6.75. The second kappa shape index (κ2) is 18.5. The van der Waals surface area contributed by atoms with Gasteiger partial charge in [0.05, 0.1) is 32.5 Å². The fourth-order valence-corrected chi connectivity index (χ4v) is 4.50. The first-order valence-electron chi connectivity index (χ1n) is 14.7. The summed E-state index contributed by atoms with van der Waals surface area (Å²) in [6.07, 6.45) is -0.101. The first-order chi connectivity index (χ1) is 21.8. The number of carbonyl (C=O) groups excluding carboxylic acids is 5. The summed E-state index contributed by atoms with van der Waals surface area (Å²) in [5.41, 5.74) is 2.55. The first-order valence-corrected chi connectivity index (χ1v) is 14.7. The Kier molecular flexibility index (Phi) is 14.8. The highest BCUT2D eigenvalue weighted by atomic mass is 16.5. The molecule has 0 aliphatic heterocycles. The van der Waals surface area contributed by atoms with Gasteiger partial charge in [-0.3, -0.25) is 28.8 Å². The van der Waals surface area contributed by atoms with Gasteiger partial charge < -0.3 is 25.8 Å². The van der Waals surface area contributed by atoms with Gasteiger partial charge in [-0.05, 0) is 42.2 Å². The molecule has 0 saturated carbocycles. The Labute approximate surface area is 268 Å². The molecule has 46 heavy (non-hydrogen) atoms. The number of carbonyl (C=O) groups is 6. The van der Waals surface area contributed by atoms with Gasteiger partial charge in [-0.25, -0.2) is 0 Å². The molecule has 0 radical (unpaired) electrons. The van der Waals surface area contributed by atoms with Gasteiger partial charge in [0.15, 0.2) is 11.6 Å². The standard InChI is InChI=1S/C33H37N3O6.C2H4O2/c1-21(2)31(36-29(39)18-26-17-25(22(3)37)15-16-28(26)42-4)33(41)35-20-27(38)19-34-32(40)30(23-11-7-5-8-12-23)24-13-9-6-10-14-24;1-2(3)4/h5-17,21,30-31H,18-20H2,1-4H3,(H,34,40)(H,35,41)(H,36,39);1H3,(H,3,4). The number of benzene rings is 3. The second-order valence-electron chi connectivity index (χ2n) is 10.8. The van der Waals surface area contributed by atoms with E-state index in [1.165, 1.54) is 14.0 Å². The summed E-state index contributed by atoms with van der Waals surface area (Å²) in [4.78, 5) is 72.3. The molecule has 0 aromatic heterocycles. The van der Waals surface area contributed by atoms with E-state index >= 15 is 0 Å². The quantitative estimate of drug-likeness (QED) is 0.197. The maximum atomic E-state index is 13.1. The minimum atomic E-state index is -0.901. The van der Waals surface area contributed by atoms with Crippen LogP contribution in [0.4, 0.5) is 0 Å². The lowest BCUT2D eigenvalue weighted by atomic mass is 9.90. The van der Waals surface area contributed by atoms with Crippen LogP contribution in [0.3, 0.4) is 0 Å². The fraction of sp³-hybridized carbons (Fsp3) is 0.314. The average molecular weight is 632 g/mol. The summed E-state index contributed by atoms with van der Waals surface area (Å²) in [5.74, 6) is -3.06. The zero-order valence-electron chi connectivity index (χ0n) is 26.7. The van der Waals surface area contributed by atoms with E-state index in [0.29, 0.717) is 16.9 Å². The zero-order chi connectivity index (χ0) is 34.2. The fourth-order valence-electron chi connectivity index (χ4n) is 4.50. The lowest BCUT2D eigenvalue weighted by Gasteiger charge is -2.22. The summed E-state index contributed by atoms with van der Waals surface area (Å²) in [5, 5.41) is 15.4. The smallest absolute Gasteiger partial charge is 0.300 e. The molecule has 244 valence electrons. The molecule has 1 unspecified atom stereocenters. The van der Waals surface area contributed by atoms with Crippen molar-refractivity contribution in [2.45, 2.75) is 46.1 Å². The number of carboxylic acid groups (broad SMARTS) is 1. The highest BCUT2D eigenvalue weighted by molar-refractivity contribution is 5.96. The number of hydrogen-bond donors (Lipinski definition) is 4. The van der Waals surface area contributed by atoms with E-state index < -0.39 is 35.5 Å². The van der Waals surface area contributed by atoms with Gasteiger partial charge in [0.1, 0.15) is 11.8 Å². The summed E-state index contributed by atoms with van der Waals surface area (Å²) < 4.78 is 5.31. The van der Waals surface area contributed by atoms with E-state index in [1.54, 1.807) is 32.0 Å². The predicted molar refractivity (Wildman–Crippen MR) is 173 cm³/mol. The van der Waals surface area contributed by atoms with Gasteiger partial charge in [-0.2, -0.15) is 0 Å². The lowest BCUT2D eigenvalue weighted by Crippen LogP contribution is -2.51. The van der Waals surface area contributed by atoms with Crippen molar-refractivity contribution in [3.05, 3.63) is 101 Å². The average Bonchev–Trinajstić information content (AvgIpc) is 3.02. The molecule has 0 aliphatic carbocycles. The number of ether oxygens (including phenoxy) is 1.